The van der Waals surface area contributed by atoms with Gasteiger partial charge in [0.1, 0.15) is 11.5 Å². The van der Waals surface area contributed by atoms with Gasteiger partial charge >= 0.3 is 0 Å². The molecule has 0 aromatic heterocycles. The Labute approximate surface area is 118 Å². The van der Waals surface area contributed by atoms with E-state index in [1.807, 2.05) is 6.92 Å². The van der Waals surface area contributed by atoms with Crippen molar-refractivity contribution in [2.24, 2.45) is 5.73 Å². The van der Waals surface area contributed by atoms with E-state index in [4.69, 9.17) is 22.7 Å². The predicted octanol–water partition coefficient (Wildman–Crippen LogP) is 1.54. The zero-order chi connectivity index (χ0) is 14.4. The van der Waals surface area contributed by atoms with Crippen LogP contribution >= 0.6 is 12.2 Å². The number of phenolic OH excluding ortho intramolecular Hbond substituents is 1. The number of benzene rings is 1. The number of amides is 1. The summed E-state index contributed by atoms with van der Waals surface area (Å²) in [6, 6.07) is 4.55. The molecular formula is C13H18N2O3S. The number of ether oxygens (including phenoxy) is 1. The van der Waals surface area contributed by atoms with E-state index in [9.17, 15) is 9.90 Å². The van der Waals surface area contributed by atoms with Gasteiger partial charge in [-0.3, -0.25) is 4.79 Å². The number of nitrogens with two attached hydrogens (primary N) is 1. The molecule has 1 rings (SSSR count). The highest BCUT2D eigenvalue weighted by Crippen LogP contribution is 2.24. The number of nitrogens with zero attached hydrogens (tertiary/aromatic N) is 1. The molecule has 0 radical (unpaired) electrons. The zero-order valence-corrected chi connectivity index (χ0v) is 11.9. The van der Waals surface area contributed by atoms with Gasteiger partial charge < -0.3 is 20.5 Å². The van der Waals surface area contributed by atoms with Gasteiger partial charge in [-0.15, -0.1) is 0 Å². The van der Waals surface area contributed by atoms with E-state index in [1.54, 1.807) is 6.07 Å². The minimum absolute atomic E-state index is 0.117. The van der Waals surface area contributed by atoms with Crippen LogP contribution in [0.25, 0.3) is 0 Å². The zero-order valence-electron chi connectivity index (χ0n) is 11.0. The number of methoxy groups -OCH3 is 1. The van der Waals surface area contributed by atoms with E-state index in [0.29, 0.717) is 12.3 Å². The van der Waals surface area contributed by atoms with Crippen molar-refractivity contribution in [1.82, 2.24) is 4.90 Å². The number of aromatic hydroxyl groups is 1. The monoisotopic (exact) mass is 282 g/mol. The number of thiocarbonyl (C=S) groups is 1. The summed E-state index contributed by atoms with van der Waals surface area (Å²) in [4.78, 5) is 14.1. The molecule has 0 atom stereocenters. The summed E-state index contributed by atoms with van der Waals surface area (Å²) in [5, 5.41) is 9.85. The van der Waals surface area contributed by atoms with Gasteiger partial charge in [-0.05, 0) is 18.6 Å². The standard InChI is InChI=1S/C13H18N2O3S/c1-3-6-15(8-12(14)19)13(17)10-5-4-9(18-2)7-11(10)16/h4-5,7,16H,3,6,8H2,1-2H3,(H2,14,19). The molecule has 0 aliphatic heterocycles. The summed E-state index contributed by atoms with van der Waals surface area (Å²) in [6.07, 6.45) is 0.783. The van der Waals surface area contributed by atoms with Gasteiger partial charge in [-0.1, -0.05) is 19.1 Å². The molecule has 0 fully saturated rings. The summed E-state index contributed by atoms with van der Waals surface area (Å²) in [5.74, 6) is 0.0774. The molecule has 0 saturated heterocycles. The smallest absolute Gasteiger partial charge is 0.257 e. The third kappa shape index (κ3) is 4.10. The van der Waals surface area contributed by atoms with Crippen molar-refractivity contribution < 1.29 is 14.6 Å². The van der Waals surface area contributed by atoms with E-state index in [-0.39, 0.29) is 28.8 Å². The third-order valence-electron chi connectivity index (χ3n) is 2.56. The second kappa shape index (κ2) is 6.94. The van der Waals surface area contributed by atoms with Crippen LogP contribution in [-0.4, -0.2) is 41.1 Å². The second-order valence-electron chi connectivity index (χ2n) is 4.08. The summed E-state index contributed by atoms with van der Waals surface area (Å²) >= 11 is 4.83. The van der Waals surface area contributed by atoms with Crippen LogP contribution in [0.15, 0.2) is 18.2 Å². The number of hydrogen-bond acceptors (Lipinski definition) is 4. The molecule has 19 heavy (non-hydrogen) atoms. The fourth-order valence-electron chi connectivity index (χ4n) is 1.70. The first-order valence-electron chi connectivity index (χ1n) is 5.94. The van der Waals surface area contributed by atoms with Crippen LogP contribution < -0.4 is 10.5 Å². The molecule has 6 heteroatoms. The van der Waals surface area contributed by atoms with Crippen LogP contribution in [0.3, 0.4) is 0 Å². The molecule has 0 aliphatic rings. The van der Waals surface area contributed by atoms with Crippen molar-refractivity contribution >= 4 is 23.1 Å². The van der Waals surface area contributed by atoms with Crippen molar-refractivity contribution in [3.05, 3.63) is 23.8 Å². The van der Waals surface area contributed by atoms with Crippen LogP contribution in [0, 0.1) is 0 Å². The third-order valence-corrected chi connectivity index (χ3v) is 2.69. The van der Waals surface area contributed by atoms with Gasteiger partial charge in [0, 0.05) is 12.6 Å². The summed E-state index contributed by atoms with van der Waals surface area (Å²) in [6.45, 7) is 2.68. The molecular weight excluding hydrogens is 264 g/mol. The maximum atomic E-state index is 12.3. The number of carbonyl (C=O) groups excluding carboxylic acids is 1. The molecule has 0 aliphatic carbocycles. The van der Waals surface area contributed by atoms with Gasteiger partial charge in [0.15, 0.2) is 0 Å². The van der Waals surface area contributed by atoms with Crippen LogP contribution in [-0.2, 0) is 0 Å². The number of hydrogen-bond donors (Lipinski definition) is 2. The highest BCUT2D eigenvalue weighted by atomic mass is 32.1. The first kappa shape index (κ1) is 15.2. The van der Waals surface area contributed by atoms with Crippen molar-refractivity contribution in [3.8, 4) is 11.5 Å². The molecule has 0 saturated carbocycles. The highest BCUT2D eigenvalue weighted by molar-refractivity contribution is 7.80. The summed E-state index contributed by atoms with van der Waals surface area (Å²) < 4.78 is 4.98. The highest BCUT2D eigenvalue weighted by Gasteiger charge is 2.19. The van der Waals surface area contributed by atoms with Crippen LogP contribution in [0.4, 0.5) is 0 Å². The average molecular weight is 282 g/mol. The fourth-order valence-corrected chi connectivity index (χ4v) is 1.86. The Morgan fingerprint density at radius 1 is 1.53 bits per heavy atom. The molecule has 1 aromatic carbocycles. The normalized spacial score (nSPS) is 10.0. The minimum Gasteiger partial charge on any atom is -0.507 e. The maximum absolute atomic E-state index is 12.3. The Bertz CT molecular complexity index is 477. The van der Waals surface area contributed by atoms with E-state index in [0.717, 1.165) is 6.42 Å². The first-order chi connectivity index (χ1) is 8.99. The number of carbonyl (C=O) groups is 1. The quantitative estimate of drug-likeness (QED) is 0.774. The van der Waals surface area contributed by atoms with Gasteiger partial charge in [0.2, 0.25) is 0 Å². The van der Waals surface area contributed by atoms with E-state index < -0.39 is 0 Å². The maximum Gasteiger partial charge on any atom is 0.257 e. The molecule has 1 amide bonds. The number of rotatable bonds is 6. The fraction of sp³-hybridized carbons (Fsp3) is 0.385. The lowest BCUT2D eigenvalue weighted by atomic mass is 10.1. The molecule has 3 N–H and O–H groups in total. The van der Waals surface area contributed by atoms with Gasteiger partial charge in [0.25, 0.3) is 5.91 Å². The molecule has 104 valence electrons. The van der Waals surface area contributed by atoms with E-state index >= 15 is 0 Å². The lowest BCUT2D eigenvalue weighted by Crippen LogP contribution is -2.38. The van der Waals surface area contributed by atoms with E-state index in [1.165, 1.54) is 24.1 Å². The Balaban J connectivity index is 2.98. The van der Waals surface area contributed by atoms with Crippen LogP contribution in [0.1, 0.15) is 23.7 Å². The Morgan fingerprint density at radius 2 is 2.21 bits per heavy atom. The van der Waals surface area contributed by atoms with Crippen LogP contribution in [0.2, 0.25) is 0 Å². The molecule has 0 spiro atoms. The van der Waals surface area contributed by atoms with Crippen molar-refractivity contribution in [2.45, 2.75) is 13.3 Å². The van der Waals surface area contributed by atoms with Crippen molar-refractivity contribution in [1.29, 1.82) is 0 Å². The molecule has 5 nitrogen and oxygen atoms in total. The van der Waals surface area contributed by atoms with Gasteiger partial charge in [0.05, 0.1) is 24.2 Å². The summed E-state index contributed by atoms with van der Waals surface area (Å²) in [5.41, 5.74) is 5.69. The van der Waals surface area contributed by atoms with Crippen LogP contribution in [0.5, 0.6) is 11.5 Å². The second-order valence-corrected chi connectivity index (χ2v) is 4.60. The van der Waals surface area contributed by atoms with Gasteiger partial charge in [-0.2, -0.15) is 0 Å². The lowest BCUT2D eigenvalue weighted by Gasteiger charge is -2.22. The Hall–Kier alpha value is -1.82. The van der Waals surface area contributed by atoms with Crippen molar-refractivity contribution in [2.75, 3.05) is 20.2 Å². The number of phenols is 1. The van der Waals surface area contributed by atoms with Crippen molar-refractivity contribution in [3.63, 3.8) is 0 Å². The largest absolute Gasteiger partial charge is 0.507 e. The SMILES string of the molecule is CCCN(CC(N)=S)C(=O)c1ccc(OC)cc1O. The molecule has 1 aromatic rings. The predicted molar refractivity (Wildman–Crippen MR) is 77.6 cm³/mol. The summed E-state index contributed by atoms with van der Waals surface area (Å²) in [7, 11) is 1.49. The van der Waals surface area contributed by atoms with E-state index in [2.05, 4.69) is 0 Å². The first-order valence-corrected chi connectivity index (χ1v) is 6.35. The molecule has 0 heterocycles. The molecule has 0 bridgehead atoms. The molecule has 0 unspecified atom stereocenters. The minimum atomic E-state index is -0.296. The Kier molecular flexibility index (Phi) is 5.57. The topological polar surface area (TPSA) is 75.8 Å². The lowest BCUT2D eigenvalue weighted by molar-refractivity contribution is 0.0777. The van der Waals surface area contributed by atoms with Gasteiger partial charge in [-0.25, -0.2) is 0 Å². The Morgan fingerprint density at radius 3 is 2.68 bits per heavy atom. The average Bonchev–Trinajstić information content (AvgIpc) is 2.36.